The fraction of sp³-hybridized carbons (Fsp3) is 0.438. The quantitative estimate of drug-likeness (QED) is 0.226. The van der Waals surface area contributed by atoms with Crippen molar-refractivity contribution in [2.45, 2.75) is 70.1 Å². The Morgan fingerprint density at radius 2 is 1.94 bits per heavy atom. The molecule has 1 aliphatic carbocycles. The van der Waals surface area contributed by atoms with Gasteiger partial charge in [-0.15, -0.1) is 11.3 Å². The fourth-order valence-electron chi connectivity index (χ4n) is 6.95. The Bertz CT molecular complexity index is 1840. The number of fused-ring (bicyclic) bond motifs is 1. The third-order valence-corrected chi connectivity index (χ3v) is 10.1. The number of aromatic nitrogens is 4. The summed E-state index contributed by atoms with van der Waals surface area (Å²) in [6.45, 7) is 3.95. The van der Waals surface area contributed by atoms with Gasteiger partial charge in [-0.2, -0.15) is 10.4 Å². The summed E-state index contributed by atoms with van der Waals surface area (Å²) in [5.74, 6) is -1.47. The van der Waals surface area contributed by atoms with E-state index in [1.54, 1.807) is 10.6 Å². The average Bonchev–Trinajstić information content (AvgIpc) is 3.63. The Balaban J connectivity index is 1.22. The molecular formula is C32H37FN10O3S. The van der Waals surface area contributed by atoms with Gasteiger partial charge in [0.25, 0.3) is 11.8 Å². The second-order valence-electron chi connectivity index (χ2n) is 12.0. The van der Waals surface area contributed by atoms with E-state index in [9.17, 15) is 19.2 Å². The predicted octanol–water partition coefficient (Wildman–Crippen LogP) is 3.66. The highest BCUT2D eigenvalue weighted by Gasteiger charge is 2.35. The number of nitrogens with zero attached hydrogens (tertiary/aromatic N) is 7. The number of piperidine rings is 1. The number of carbonyl (C=O) groups is 2. The third-order valence-electron chi connectivity index (χ3n) is 9.10. The van der Waals surface area contributed by atoms with E-state index in [2.05, 4.69) is 30.9 Å². The number of carbonyl (C=O) groups excluding carboxylic acids is 2. The summed E-state index contributed by atoms with van der Waals surface area (Å²) >= 11 is 1.24. The lowest BCUT2D eigenvalue weighted by Gasteiger charge is -2.45. The van der Waals surface area contributed by atoms with Crippen molar-refractivity contribution in [3.8, 4) is 23.2 Å². The lowest BCUT2D eigenvalue weighted by Crippen LogP contribution is -2.53. The van der Waals surface area contributed by atoms with E-state index >= 15 is 0 Å². The largest absolute Gasteiger partial charge is 0.473 e. The number of benzene rings is 1. The van der Waals surface area contributed by atoms with Crippen LogP contribution in [0.2, 0.25) is 0 Å². The molecule has 1 aliphatic heterocycles. The number of thiazole rings is 1. The van der Waals surface area contributed by atoms with Gasteiger partial charge in [0.05, 0.1) is 28.0 Å². The Hall–Kier alpha value is -4.81. The van der Waals surface area contributed by atoms with E-state index in [1.807, 2.05) is 13.0 Å². The minimum Gasteiger partial charge on any atom is -0.473 e. The first-order chi connectivity index (χ1) is 22.6. The standard InChI is InChI=1S/C32H37FN10O3S/c1-18-40-32(28(47-18)31(37)45)46-22-8-6-20(7-9-22)42(13-3-11-34)21-4-2-12-41(16-21)26-15-25(43-27(26)29(35)38-17-39-43)19-5-10-23(30(36)44)24(33)14-19/h5,10,14-15,17,20-22H,2-4,6-9,12-13,16H2,1H3,(H2,36,44)(H2,37,45)(H2,35,38,39)/t20?,21-,22?/m1/s1. The third kappa shape index (κ3) is 6.56. The fourth-order valence-corrected chi connectivity index (χ4v) is 7.66. The van der Waals surface area contributed by atoms with Crippen molar-refractivity contribution < 1.29 is 18.7 Å². The summed E-state index contributed by atoms with van der Waals surface area (Å²) in [6.07, 6.45) is 6.97. The maximum atomic E-state index is 14.8. The van der Waals surface area contributed by atoms with Crippen molar-refractivity contribution in [2.75, 3.05) is 30.3 Å². The maximum absolute atomic E-state index is 14.8. The van der Waals surface area contributed by atoms with E-state index in [0.29, 0.717) is 52.9 Å². The van der Waals surface area contributed by atoms with Crippen LogP contribution in [0.3, 0.4) is 0 Å². The Labute approximate surface area is 275 Å². The molecule has 4 aromatic rings. The molecule has 3 aromatic heterocycles. The second kappa shape index (κ2) is 13.5. The summed E-state index contributed by atoms with van der Waals surface area (Å²) in [7, 11) is 0. The van der Waals surface area contributed by atoms with Crippen LogP contribution in [0.15, 0.2) is 30.6 Å². The van der Waals surface area contributed by atoms with Gasteiger partial charge in [0.15, 0.2) is 10.7 Å². The maximum Gasteiger partial charge on any atom is 0.264 e. The predicted molar refractivity (Wildman–Crippen MR) is 176 cm³/mol. The molecule has 6 rings (SSSR count). The monoisotopic (exact) mass is 660 g/mol. The molecule has 246 valence electrons. The molecule has 0 spiro atoms. The summed E-state index contributed by atoms with van der Waals surface area (Å²) in [5, 5.41) is 14.7. The Morgan fingerprint density at radius 1 is 1.15 bits per heavy atom. The normalized spacial score (nSPS) is 20.0. The number of halogens is 1. The van der Waals surface area contributed by atoms with Crippen LogP contribution < -0.4 is 26.8 Å². The molecule has 1 aromatic carbocycles. The van der Waals surface area contributed by atoms with Gasteiger partial charge in [-0.25, -0.2) is 18.9 Å². The number of nitriles is 1. The number of aryl methyl sites for hydroxylation is 1. The molecule has 0 unspecified atom stereocenters. The smallest absolute Gasteiger partial charge is 0.264 e. The zero-order chi connectivity index (χ0) is 33.2. The number of rotatable bonds is 10. The van der Waals surface area contributed by atoms with Gasteiger partial charge in [-0.3, -0.25) is 14.5 Å². The topological polar surface area (TPSA) is 195 Å². The first-order valence-electron chi connectivity index (χ1n) is 15.7. The number of amides is 2. The summed E-state index contributed by atoms with van der Waals surface area (Å²) in [5.41, 5.74) is 19.7. The Morgan fingerprint density at radius 3 is 2.64 bits per heavy atom. The molecule has 47 heavy (non-hydrogen) atoms. The van der Waals surface area contributed by atoms with E-state index in [4.69, 9.17) is 21.9 Å². The molecule has 2 fully saturated rings. The number of hydrogen-bond donors (Lipinski definition) is 3. The molecule has 1 saturated heterocycles. The summed E-state index contributed by atoms with van der Waals surface area (Å²) < 4.78 is 22.6. The van der Waals surface area contributed by atoms with Crippen molar-refractivity contribution in [3.05, 3.63) is 51.9 Å². The van der Waals surface area contributed by atoms with Gasteiger partial charge >= 0.3 is 0 Å². The van der Waals surface area contributed by atoms with Gasteiger partial charge in [0, 0.05) is 43.7 Å². The van der Waals surface area contributed by atoms with Crippen molar-refractivity contribution in [2.24, 2.45) is 11.5 Å². The van der Waals surface area contributed by atoms with Crippen molar-refractivity contribution in [3.63, 3.8) is 0 Å². The average molecular weight is 661 g/mol. The number of nitrogens with two attached hydrogens (primary N) is 3. The molecule has 0 radical (unpaired) electrons. The van der Waals surface area contributed by atoms with Crippen molar-refractivity contribution in [1.82, 2.24) is 24.5 Å². The lowest BCUT2D eigenvalue weighted by molar-refractivity contribution is 0.0560. The van der Waals surface area contributed by atoms with Gasteiger partial charge in [-0.1, -0.05) is 6.07 Å². The van der Waals surface area contributed by atoms with Gasteiger partial charge in [0.1, 0.15) is 23.8 Å². The lowest BCUT2D eigenvalue weighted by atomic mass is 9.89. The number of ether oxygens (including phenoxy) is 1. The molecule has 1 atom stereocenters. The van der Waals surface area contributed by atoms with Crippen LogP contribution in [0.5, 0.6) is 5.88 Å². The van der Waals surface area contributed by atoms with Crippen LogP contribution in [0.1, 0.15) is 70.0 Å². The molecule has 13 nitrogen and oxygen atoms in total. The van der Waals surface area contributed by atoms with Gasteiger partial charge in [0.2, 0.25) is 5.88 Å². The molecule has 2 aliphatic rings. The first kappa shape index (κ1) is 32.1. The van der Waals surface area contributed by atoms with Crippen LogP contribution >= 0.6 is 11.3 Å². The molecule has 2 amide bonds. The van der Waals surface area contributed by atoms with Gasteiger partial charge in [-0.05, 0) is 63.6 Å². The zero-order valence-electron chi connectivity index (χ0n) is 26.1. The van der Waals surface area contributed by atoms with Crippen LogP contribution in [-0.2, 0) is 0 Å². The Kier molecular flexibility index (Phi) is 9.24. The molecule has 1 saturated carbocycles. The zero-order valence-corrected chi connectivity index (χ0v) is 26.9. The van der Waals surface area contributed by atoms with Gasteiger partial charge < -0.3 is 26.8 Å². The highest BCUT2D eigenvalue weighted by Crippen LogP contribution is 2.37. The molecule has 15 heteroatoms. The van der Waals surface area contributed by atoms with Crippen LogP contribution in [0.25, 0.3) is 16.8 Å². The van der Waals surface area contributed by atoms with Crippen molar-refractivity contribution >= 4 is 40.2 Å². The van der Waals surface area contributed by atoms with E-state index in [-0.39, 0.29) is 23.8 Å². The summed E-state index contributed by atoms with van der Waals surface area (Å²) in [4.78, 5) is 37.2. The number of anilines is 2. The van der Waals surface area contributed by atoms with E-state index < -0.39 is 17.6 Å². The second-order valence-corrected chi connectivity index (χ2v) is 13.3. The highest BCUT2D eigenvalue weighted by molar-refractivity contribution is 7.13. The van der Waals surface area contributed by atoms with E-state index in [1.165, 1.54) is 29.8 Å². The van der Waals surface area contributed by atoms with Crippen LogP contribution in [0.4, 0.5) is 15.9 Å². The number of nitrogen functional groups attached to an aromatic ring is 1. The summed E-state index contributed by atoms with van der Waals surface area (Å²) in [6, 6.07) is 8.99. The minimum absolute atomic E-state index is 0.0671. The minimum atomic E-state index is -0.838. The number of hydrogen-bond acceptors (Lipinski definition) is 11. The van der Waals surface area contributed by atoms with Crippen LogP contribution in [0, 0.1) is 24.1 Å². The first-order valence-corrected chi connectivity index (χ1v) is 16.5. The number of primary amides is 2. The molecular weight excluding hydrogens is 623 g/mol. The van der Waals surface area contributed by atoms with Crippen molar-refractivity contribution in [1.29, 1.82) is 5.26 Å². The molecule has 4 heterocycles. The highest BCUT2D eigenvalue weighted by atomic mass is 32.1. The molecule has 0 bridgehead atoms. The molecule has 6 N–H and O–H groups in total. The van der Waals surface area contributed by atoms with Crippen LogP contribution in [-0.4, -0.2) is 74.1 Å². The van der Waals surface area contributed by atoms with E-state index in [0.717, 1.165) is 55.8 Å². The SMILES string of the molecule is Cc1nc(OC2CCC(N(CCC#N)[C@@H]3CCCN(c4cc(-c5ccc(C(N)=O)c(F)c5)n5ncnc(N)c45)C3)CC2)c(C(N)=O)s1.